The van der Waals surface area contributed by atoms with Crippen molar-refractivity contribution in [3.63, 3.8) is 0 Å². The van der Waals surface area contributed by atoms with Gasteiger partial charge in [0, 0.05) is 5.02 Å². The van der Waals surface area contributed by atoms with Gasteiger partial charge in [-0.3, -0.25) is 4.79 Å². The Morgan fingerprint density at radius 2 is 1.84 bits per heavy atom. The van der Waals surface area contributed by atoms with Crippen LogP contribution >= 0.6 is 11.6 Å². The van der Waals surface area contributed by atoms with Crippen molar-refractivity contribution in [3.05, 3.63) is 46.7 Å². The van der Waals surface area contributed by atoms with Gasteiger partial charge in [-0.25, -0.2) is 4.68 Å². The quantitative estimate of drug-likeness (QED) is 0.789. The number of benzene rings is 1. The summed E-state index contributed by atoms with van der Waals surface area (Å²) in [5, 5.41) is 4.04. The second-order valence-corrected chi connectivity index (χ2v) is 4.29. The van der Waals surface area contributed by atoms with E-state index in [1.165, 1.54) is 24.3 Å². The van der Waals surface area contributed by atoms with Crippen LogP contribution in [0.4, 0.5) is 13.2 Å². The molecule has 0 fully saturated rings. The minimum absolute atomic E-state index is 0.184. The fraction of sp³-hybridized carbons (Fsp3) is 0.167. The van der Waals surface area contributed by atoms with Gasteiger partial charge in [0.1, 0.15) is 0 Å². The molecule has 7 heteroatoms. The molecular weight excluding hydrogens is 281 g/mol. The van der Waals surface area contributed by atoms with Crippen molar-refractivity contribution in [1.29, 1.82) is 0 Å². The van der Waals surface area contributed by atoms with Crippen LogP contribution in [0.15, 0.2) is 30.5 Å². The predicted molar refractivity (Wildman–Crippen MR) is 63.6 cm³/mol. The molecule has 0 N–H and O–H groups in total. The number of ketones is 1. The maximum absolute atomic E-state index is 13.0. The summed E-state index contributed by atoms with van der Waals surface area (Å²) in [6.07, 6.45) is -3.75. The van der Waals surface area contributed by atoms with Crippen LogP contribution in [0.25, 0.3) is 5.69 Å². The van der Waals surface area contributed by atoms with E-state index in [1.54, 1.807) is 0 Å². The van der Waals surface area contributed by atoms with Gasteiger partial charge >= 0.3 is 6.18 Å². The summed E-state index contributed by atoms with van der Waals surface area (Å²) in [5.41, 5.74) is -1.35. The van der Waals surface area contributed by atoms with Gasteiger partial charge < -0.3 is 0 Å². The zero-order valence-corrected chi connectivity index (χ0v) is 10.5. The third-order valence-corrected chi connectivity index (χ3v) is 2.74. The molecule has 0 radical (unpaired) electrons. The Balaban J connectivity index is 2.64. The number of Topliss-reactive ketones (excluding diaryl/α,β-unsaturated/α-hetero) is 1. The number of rotatable bonds is 2. The van der Waals surface area contributed by atoms with Gasteiger partial charge in [0.05, 0.1) is 17.4 Å². The fourth-order valence-electron chi connectivity index (χ4n) is 1.66. The average Bonchev–Trinajstić information content (AvgIpc) is 2.74. The van der Waals surface area contributed by atoms with Crippen LogP contribution in [-0.4, -0.2) is 15.6 Å². The van der Waals surface area contributed by atoms with E-state index >= 15 is 0 Å². The van der Waals surface area contributed by atoms with Crippen molar-refractivity contribution in [2.24, 2.45) is 0 Å². The highest BCUT2D eigenvalue weighted by Gasteiger charge is 2.39. The smallest absolute Gasteiger partial charge is 0.294 e. The number of alkyl halides is 3. The van der Waals surface area contributed by atoms with E-state index in [9.17, 15) is 18.0 Å². The van der Waals surface area contributed by atoms with Crippen LogP contribution in [0.3, 0.4) is 0 Å². The monoisotopic (exact) mass is 288 g/mol. The molecule has 100 valence electrons. The molecule has 19 heavy (non-hydrogen) atoms. The molecule has 2 rings (SSSR count). The summed E-state index contributed by atoms with van der Waals surface area (Å²) in [5.74, 6) is -0.687. The molecule has 2 aromatic rings. The van der Waals surface area contributed by atoms with Crippen LogP contribution in [-0.2, 0) is 6.18 Å². The van der Waals surface area contributed by atoms with Crippen LogP contribution in [0.5, 0.6) is 0 Å². The molecule has 0 aliphatic carbocycles. The Kier molecular flexibility index (Phi) is 3.36. The van der Waals surface area contributed by atoms with E-state index in [-0.39, 0.29) is 5.69 Å². The number of carbonyl (C=O) groups excluding carboxylic acids is 1. The Bertz CT molecular complexity index is 617. The van der Waals surface area contributed by atoms with Crippen molar-refractivity contribution in [1.82, 2.24) is 9.78 Å². The lowest BCUT2D eigenvalue weighted by Crippen LogP contribution is -2.16. The first kappa shape index (κ1) is 13.6. The summed E-state index contributed by atoms with van der Waals surface area (Å²) in [7, 11) is 0. The number of halogens is 4. The zero-order valence-electron chi connectivity index (χ0n) is 9.70. The molecule has 0 spiro atoms. The molecule has 1 heterocycles. The fourth-order valence-corrected chi connectivity index (χ4v) is 1.78. The highest BCUT2D eigenvalue weighted by atomic mass is 35.5. The lowest BCUT2D eigenvalue weighted by Gasteiger charge is -2.11. The normalized spacial score (nSPS) is 11.6. The molecule has 0 saturated heterocycles. The van der Waals surface area contributed by atoms with Gasteiger partial charge in [-0.2, -0.15) is 18.3 Å². The molecule has 3 nitrogen and oxygen atoms in total. The molecule has 0 saturated carbocycles. The van der Waals surface area contributed by atoms with Crippen LogP contribution in [0, 0.1) is 0 Å². The molecule has 1 aromatic carbocycles. The van der Waals surface area contributed by atoms with Gasteiger partial charge in [-0.05, 0) is 31.2 Å². The second kappa shape index (κ2) is 4.70. The third-order valence-electron chi connectivity index (χ3n) is 2.49. The minimum atomic E-state index is -4.67. The van der Waals surface area contributed by atoms with Gasteiger partial charge in [0.25, 0.3) is 0 Å². The third kappa shape index (κ3) is 2.63. The van der Waals surface area contributed by atoms with Crippen molar-refractivity contribution in [2.75, 3.05) is 0 Å². The lowest BCUT2D eigenvalue weighted by molar-refractivity contribution is -0.143. The van der Waals surface area contributed by atoms with E-state index in [4.69, 9.17) is 11.6 Å². The van der Waals surface area contributed by atoms with E-state index in [0.717, 1.165) is 13.1 Å². The molecule has 0 aliphatic rings. The molecule has 0 aliphatic heterocycles. The number of hydrogen-bond acceptors (Lipinski definition) is 2. The topological polar surface area (TPSA) is 34.9 Å². The molecule has 1 aromatic heterocycles. The number of nitrogens with zero attached hydrogens (tertiary/aromatic N) is 2. The number of carbonyl (C=O) groups is 1. The average molecular weight is 289 g/mol. The van der Waals surface area contributed by atoms with Crippen LogP contribution in [0.2, 0.25) is 5.02 Å². The Morgan fingerprint density at radius 1 is 1.26 bits per heavy atom. The molecule has 0 bridgehead atoms. The summed E-state index contributed by atoms with van der Waals surface area (Å²) >= 11 is 5.68. The SMILES string of the molecule is CC(=O)c1cnn(-c2ccc(Cl)cc2)c1C(F)(F)F. The van der Waals surface area contributed by atoms with Crippen molar-refractivity contribution < 1.29 is 18.0 Å². The van der Waals surface area contributed by atoms with E-state index in [1.807, 2.05) is 0 Å². The van der Waals surface area contributed by atoms with E-state index < -0.39 is 23.2 Å². The number of aromatic nitrogens is 2. The Hall–Kier alpha value is -1.82. The largest absolute Gasteiger partial charge is 0.434 e. The Labute approximate surface area is 111 Å². The molecule has 0 amide bonds. The number of hydrogen-bond donors (Lipinski definition) is 0. The van der Waals surface area contributed by atoms with Gasteiger partial charge in [0.2, 0.25) is 0 Å². The maximum atomic E-state index is 13.0. The highest BCUT2D eigenvalue weighted by molar-refractivity contribution is 6.30. The first-order valence-corrected chi connectivity index (χ1v) is 5.60. The summed E-state index contributed by atoms with van der Waals surface area (Å²) in [4.78, 5) is 11.2. The highest BCUT2D eigenvalue weighted by Crippen LogP contribution is 2.33. The second-order valence-electron chi connectivity index (χ2n) is 3.85. The first-order valence-electron chi connectivity index (χ1n) is 5.23. The van der Waals surface area contributed by atoms with Gasteiger partial charge in [-0.15, -0.1) is 0 Å². The summed E-state index contributed by atoms with van der Waals surface area (Å²) in [6.45, 7) is 1.07. The van der Waals surface area contributed by atoms with Crippen LogP contribution < -0.4 is 0 Å². The van der Waals surface area contributed by atoms with E-state index in [0.29, 0.717) is 9.70 Å². The van der Waals surface area contributed by atoms with Crippen molar-refractivity contribution in [2.45, 2.75) is 13.1 Å². The Morgan fingerprint density at radius 3 is 2.32 bits per heavy atom. The minimum Gasteiger partial charge on any atom is -0.294 e. The van der Waals surface area contributed by atoms with Gasteiger partial charge in [0.15, 0.2) is 11.5 Å². The van der Waals surface area contributed by atoms with Crippen molar-refractivity contribution in [3.8, 4) is 5.69 Å². The zero-order chi connectivity index (χ0) is 14.2. The lowest BCUT2D eigenvalue weighted by atomic mass is 10.1. The van der Waals surface area contributed by atoms with Crippen LogP contribution in [0.1, 0.15) is 23.0 Å². The summed E-state index contributed by atoms with van der Waals surface area (Å²) < 4.78 is 39.8. The standard InChI is InChI=1S/C12H8ClF3N2O/c1-7(19)10-6-17-18(11(10)12(14,15)16)9-4-2-8(13)3-5-9/h2-6H,1H3. The first-order chi connectivity index (χ1) is 8.80. The van der Waals surface area contributed by atoms with Gasteiger partial charge in [-0.1, -0.05) is 11.6 Å². The van der Waals surface area contributed by atoms with E-state index in [2.05, 4.69) is 5.10 Å². The summed E-state index contributed by atoms with van der Waals surface area (Å²) in [6, 6.07) is 5.70. The predicted octanol–water partition coefficient (Wildman–Crippen LogP) is 3.75. The molecular formula is C12H8ClF3N2O. The maximum Gasteiger partial charge on any atom is 0.434 e. The van der Waals surface area contributed by atoms with Crippen molar-refractivity contribution >= 4 is 17.4 Å². The molecule has 0 atom stereocenters. The molecule has 0 unspecified atom stereocenters.